The Balaban J connectivity index is 1.62. The van der Waals surface area contributed by atoms with Gasteiger partial charge in [-0.15, -0.1) is 11.3 Å². The van der Waals surface area contributed by atoms with Gasteiger partial charge in [-0.25, -0.2) is 4.98 Å². The molecule has 0 aliphatic carbocycles. The van der Waals surface area contributed by atoms with Gasteiger partial charge < -0.3 is 5.32 Å². The third-order valence-corrected chi connectivity index (χ3v) is 4.97. The lowest BCUT2D eigenvalue weighted by Gasteiger charge is -2.29. The molecule has 2 aromatic rings. The molecule has 1 fully saturated rings. The molecule has 1 amide bonds. The first kappa shape index (κ1) is 17.5. The first-order valence-corrected chi connectivity index (χ1v) is 9.12. The van der Waals surface area contributed by atoms with E-state index in [0.717, 1.165) is 19.5 Å². The predicted octanol–water partition coefficient (Wildman–Crippen LogP) is 3.39. The van der Waals surface area contributed by atoms with Gasteiger partial charge in [0.2, 0.25) is 5.91 Å². The Kier molecular flexibility index (Phi) is 5.40. The zero-order valence-corrected chi connectivity index (χ0v) is 14.8. The molecule has 1 unspecified atom stereocenters. The molecule has 2 heterocycles. The normalized spacial score (nSPS) is 18.0. The Morgan fingerprint density at radius 1 is 1.52 bits per heavy atom. The minimum absolute atomic E-state index is 0.0234. The predicted molar refractivity (Wildman–Crippen MR) is 97.7 cm³/mol. The average molecular weight is 360 g/mol. The highest BCUT2D eigenvalue weighted by Crippen LogP contribution is 2.27. The lowest BCUT2D eigenvalue weighted by Crippen LogP contribution is -2.39. The molecule has 7 nitrogen and oxygen atoms in total. The summed E-state index contributed by atoms with van der Waals surface area (Å²) in [4.78, 5) is 29.2. The molecular weight excluding hydrogens is 340 g/mol. The second kappa shape index (κ2) is 7.71. The van der Waals surface area contributed by atoms with Crippen LogP contribution in [0.3, 0.4) is 0 Å². The number of thiazole rings is 1. The van der Waals surface area contributed by atoms with E-state index in [4.69, 9.17) is 0 Å². The second-order valence-electron chi connectivity index (χ2n) is 6.38. The van der Waals surface area contributed by atoms with Crippen LogP contribution in [0.4, 0.5) is 10.8 Å². The number of nitro benzene ring substituents is 1. The molecule has 1 atom stereocenters. The van der Waals surface area contributed by atoms with E-state index in [9.17, 15) is 14.9 Å². The first-order valence-electron chi connectivity index (χ1n) is 8.24. The van der Waals surface area contributed by atoms with Gasteiger partial charge in [0.15, 0.2) is 5.13 Å². The minimum atomic E-state index is -0.432. The van der Waals surface area contributed by atoms with E-state index in [2.05, 4.69) is 22.1 Å². The van der Waals surface area contributed by atoms with E-state index in [1.54, 1.807) is 17.5 Å². The standard InChI is InChI=1S/C17H20N4O3S/c1-12-4-3-7-20(9-12)10-16(22)19-17-18-15(11-25-17)13-5-2-6-14(8-13)21(23)24/h2,5-6,8,11-12H,3-4,7,9-10H2,1H3,(H,18,19,22). The number of benzene rings is 1. The van der Waals surface area contributed by atoms with Crippen LogP contribution in [0.5, 0.6) is 0 Å². The van der Waals surface area contributed by atoms with Crippen LogP contribution in [0.25, 0.3) is 11.3 Å². The van der Waals surface area contributed by atoms with Crippen molar-refractivity contribution in [1.29, 1.82) is 0 Å². The van der Waals surface area contributed by atoms with Gasteiger partial charge in [-0.2, -0.15) is 0 Å². The van der Waals surface area contributed by atoms with Crippen LogP contribution < -0.4 is 5.32 Å². The molecule has 1 aliphatic rings. The summed E-state index contributed by atoms with van der Waals surface area (Å²) in [7, 11) is 0. The Morgan fingerprint density at radius 3 is 3.12 bits per heavy atom. The van der Waals surface area contributed by atoms with Crippen LogP contribution in [-0.4, -0.2) is 40.3 Å². The molecule has 132 valence electrons. The number of rotatable bonds is 5. The fraction of sp³-hybridized carbons (Fsp3) is 0.412. The summed E-state index contributed by atoms with van der Waals surface area (Å²) in [5.41, 5.74) is 1.31. The lowest BCUT2D eigenvalue weighted by molar-refractivity contribution is -0.384. The van der Waals surface area contributed by atoms with Crippen molar-refractivity contribution in [2.75, 3.05) is 25.0 Å². The summed E-state index contributed by atoms with van der Waals surface area (Å²) < 4.78 is 0. The van der Waals surface area contributed by atoms with Gasteiger partial charge in [0.25, 0.3) is 5.69 Å². The van der Waals surface area contributed by atoms with Crippen molar-refractivity contribution in [3.05, 3.63) is 39.8 Å². The van der Waals surface area contributed by atoms with Crippen molar-refractivity contribution in [1.82, 2.24) is 9.88 Å². The minimum Gasteiger partial charge on any atom is -0.301 e. The maximum atomic E-state index is 12.2. The SMILES string of the molecule is CC1CCCN(CC(=O)Nc2nc(-c3cccc([N+](=O)[O-])c3)cs2)C1. The number of hydrogen-bond donors (Lipinski definition) is 1. The summed E-state index contributed by atoms with van der Waals surface area (Å²) in [6.07, 6.45) is 2.35. The van der Waals surface area contributed by atoms with Crippen molar-refractivity contribution < 1.29 is 9.72 Å². The maximum Gasteiger partial charge on any atom is 0.270 e. The zero-order chi connectivity index (χ0) is 17.8. The third kappa shape index (κ3) is 4.61. The average Bonchev–Trinajstić information content (AvgIpc) is 3.03. The highest BCUT2D eigenvalue weighted by atomic mass is 32.1. The number of anilines is 1. The van der Waals surface area contributed by atoms with E-state index in [-0.39, 0.29) is 11.6 Å². The van der Waals surface area contributed by atoms with Crippen LogP contribution in [-0.2, 0) is 4.79 Å². The number of non-ortho nitro benzene ring substituents is 1. The van der Waals surface area contributed by atoms with E-state index < -0.39 is 4.92 Å². The topological polar surface area (TPSA) is 88.4 Å². The molecule has 0 saturated carbocycles. The summed E-state index contributed by atoms with van der Waals surface area (Å²) in [5, 5.41) is 16.0. The van der Waals surface area contributed by atoms with Gasteiger partial charge in [-0.3, -0.25) is 19.8 Å². The number of nitrogens with zero attached hydrogens (tertiary/aromatic N) is 3. The van der Waals surface area contributed by atoms with E-state index in [1.807, 2.05) is 0 Å². The van der Waals surface area contributed by atoms with Crippen LogP contribution >= 0.6 is 11.3 Å². The van der Waals surface area contributed by atoms with Crippen molar-refractivity contribution in [3.8, 4) is 11.3 Å². The first-order chi connectivity index (χ1) is 12.0. The van der Waals surface area contributed by atoms with Crippen LogP contribution in [0, 0.1) is 16.0 Å². The molecule has 0 radical (unpaired) electrons. The number of carbonyl (C=O) groups is 1. The smallest absolute Gasteiger partial charge is 0.270 e. The molecule has 1 N–H and O–H groups in total. The highest BCUT2D eigenvalue weighted by Gasteiger charge is 2.19. The number of aromatic nitrogens is 1. The van der Waals surface area contributed by atoms with E-state index in [1.165, 1.54) is 29.9 Å². The number of piperidine rings is 1. The van der Waals surface area contributed by atoms with Gasteiger partial charge in [0, 0.05) is 29.6 Å². The molecular formula is C17H20N4O3S. The van der Waals surface area contributed by atoms with Crippen LogP contribution in [0.15, 0.2) is 29.6 Å². The number of nitrogens with one attached hydrogen (secondary N) is 1. The summed E-state index contributed by atoms with van der Waals surface area (Å²) in [5.74, 6) is 0.552. The van der Waals surface area contributed by atoms with Crippen molar-refractivity contribution in [2.24, 2.45) is 5.92 Å². The van der Waals surface area contributed by atoms with Crippen LogP contribution in [0.1, 0.15) is 19.8 Å². The van der Waals surface area contributed by atoms with Gasteiger partial charge in [-0.1, -0.05) is 19.1 Å². The monoisotopic (exact) mass is 360 g/mol. The molecule has 8 heteroatoms. The molecule has 25 heavy (non-hydrogen) atoms. The fourth-order valence-electron chi connectivity index (χ4n) is 3.03. The summed E-state index contributed by atoms with van der Waals surface area (Å²) in [6, 6.07) is 6.32. The second-order valence-corrected chi connectivity index (χ2v) is 7.23. The number of hydrogen-bond acceptors (Lipinski definition) is 6. The highest BCUT2D eigenvalue weighted by molar-refractivity contribution is 7.14. The summed E-state index contributed by atoms with van der Waals surface area (Å²) >= 11 is 1.32. The number of likely N-dealkylation sites (tertiary alicyclic amines) is 1. The summed E-state index contributed by atoms with van der Waals surface area (Å²) in [6.45, 7) is 4.48. The Bertz CT molecular complexity index is 777. The number of nitro groups is 1. The fourth-order valence-corrected chi connectivity index (χ4v) is 3.77. The lowest BCUT2D eigenvalue weighted by atomic mass is 10.0. The van der Waals surface area contributed by atoms with Gasteiger partial charge in [-0.05, 0) is 25.3 Å². The Morgan fingerprint density at radius 2 is 2.36 bits per heavy atom. The molecule has 0 spiro atoms. The Labute approximate surface area is 149 Å². The van der Waals surface area contributed by atoms with E-state index in [0.29, 0.717) is 28.9 Å². The largest absolute Gasteiger partial charge is 0.301 e. The number of carbonyl (C=O) groups excluding carboxylic acids is 1. The molecule has 0 bridgehead atoms. The van der Waals surface area contributed by atoms with Crippen molar-refractivity contribution in [3.63, 3.8) is 0 Å². The molecule has 1 aromatic heterocycles. The zero-order valence-electron chi connectivity index (χ0n) is 14.0. The quantitative estimate of drug-likeness (QED) is 0.652. The van der Waals surface area contributed by atoms with Crippen molar-refractivity contribution in [2.45, 2.75) is 19.8 Å². The number of amides is 1. The molecule has 1 aliphatic heterocycles. The van der Waals surface area contributed by atoms with Crippen LogP contribution in [0.2, 0.25) is 0 Å². The third-order valence-electron chi connectivity index (χ3n) is 4.21. The molecule has 1 saturated heterocycles. The molecule has 1 aromatic carbocycles. The molecule has 3 rings (SSSR count). The van der Waals surface area contributed by atoms with Gasteiger partial charge in [0.05, 0.1) is 17.2 Å². The maximum absolute atomic E-state index is 12.2. The van der Waals surface area contributed by atoms with Gasteiger partial charge in [0.1, 0.15) is 0 Å². The van der Waals surface area contributed by atoms with Gasteiger partial charge >= 0.3 is 0 Å². The Hall–Kier alpha value is -2.32. The van der Waals surface area contributed by atoms with E-state index >= 15 is 0 Å². The van der Waals surface area contributed by atoms with Crippen molar-refractivity contribution >= 4 is 28.1 Å².